The van der Waals surface area contributed by atoms with E-state index in [-0.39, 0.29) is 29.5 Å². The van der Waals surface area contributed by atoms with Crippen LogP contribution >= 0.6 is 15.9 Å². The smallest absolute Gasteiger partial charge is 0.271 e. The molecule has 212 valence electrons. The quantitative estimate of drug-likeness (QED) is 0.149. The second kappa shape index (κ2) is 12.0. The summed E-state index contributed by atoms with van der Waals surface area (Å²) in [7, 11) is 0. The van der Waals surface area contributed by atoms with E-state index in [0.717, 1.165) is 20.5 Å². The number of hydrogen-bond acceptors (Lipinski definition) is 7. The van der Waals surface area contributed by atoms with Gasteiger partial charge in [0.25, 0.3) is 5.69 Å². The lowest BCUT2D eigenvalue weighted by molar-refractivity contribution is -0.384. The predicted octanol–water partition coefficient (Wildman–Crippen LogP) is 5.38. The monoisotopic (exact) mass is 612 g/mol. The molecule has 0 spiro atoms. The number of nitrogens with zero attached hydrogens (tertiary/aromatic N) is 2. The molecule has 0 bridgehead atoms. The lowest BCUT2D eigenvalue weighted by atomic mass is 9.66. The first-order chi connectivity index (χ1) is 18.9. The van der Waals surface area contributed by atoms with E-state index in [4.69, 9.17) is 0 Å². The van der Waals surface area contributed by atoms with Gasteiger partial charge in [0, 0.05) is 28.1 Å². The Morgan fingerprint density at radius 3 is 2.58 bits per heavy atom. The van der Waals surface area contributed by atoms with Crippen molar-refractivity contribution in [3.63, 3.8) is 0 Å². The number of carbonyl (C=O) groups excluding carboxylic acids is 2. The number of nitro groups is 1. The molecule has 0 radical (unpaired) electrons. The molecule has 1 heterocycles. The topological polar surface area (TPSA) is 141 Å². The van der Waals surface area contributed by atoms with Gasteiger partial charge in [-0.2, -0.15) is 0 Å². The van der Waals surface area contributed by atoms with Crippen molar-refractivity contribution in [2.24, 2.45) is 23.7 Å². The van der Waals surface area contributed by atoms with Gasteiger partial charge < -0.3 is 15.3 Å². The number of fused-ring (bicyclic) bond motifs is 1. The van der Waals surface area contributed by atoms with Gasteiger partial charge in [0.05, 0.1) is 35.2 Å². The zero-order chi connectivity index (χ0) is 29.3. The number of hydrogen-bond donors (Lipinski definition) is 3. The molecule has 0 aromatic heterocycles. The summed E-state index contributed by atoms with van der Waals surface area (Å²) in [4.78, 5) is 38.9. The van der Waals surface area contributed by atoms with Crippen molar-refractivity contribution in [3.8, 4) is 5.75 Å². The number of rotatable bonds is 9. The van der Waals surface area contributed by atoms with Crippen LogP contribution < -0.4 is 4.90 Å². The van der Waals surface area contributed by atoms with E-state index in [1.807, 2.05) is 26.8 Å². The molecule has 2 amide bonds. The number of phenolic OH excluding ortho intramolecular Hbond substituents is 1. The molecule has 0 saturated carbocycles. The normalized spacial score (nSPS) is 22.2. The third-order valence-corrected chi connectivity index (χ3v) is 8.37. The van der Waals surface area contributed by atoms with Gasteiger partial charge in [-0.1, -0.05) is 53.1 Å². The minimum Gasteiger partial charge on any atom is -0.507 e. The molecular weight excluding hydrogens is 580 g/mol. The summed E-state index contributed by atoms with van der Waals surface area (Å²) >= 11 is 3.40. The van der Waals surface area contributed by atoms with Gasteiger partial charge in [0.1, 0.15) is 5.75 Å². The third kappa shape index (κ3) is 5.75. The fourth-order valence-corrected chi connectivity index (χ4v) is 6.32. The van der Waals surface area contributed by atoms with Gasteiger partial charge >= 0.3 is 0 Å². The average Bonchev–Trinajstić information content (AvgIpc) is 3.17. The highest BCUT2D eigenvalue weighted by molar-refractivity contribution is 9.10. The molecule has 2 aromatic carbocycles. The molecule has 0 unspecified atom stereocenters. The summed E-state index contributed by atoms with van der Waals surface area (Å²) in [6.45, 7) is 5.39. The summed E-state index contributed by atoms with van der Waals surface area (Å²) in [6.07, 6.45) is 1.99. The zero-order valence-corrected chi connectivity index (χ0v) is 24.2. The summed E-state index contributed by atoms with van der Waals surface area (Å²) in [5, 5.41) is 43.4. The molecule has 9 nitrogen and oxygen atoms in total. The zero-order valence-electron chi connectivity index (χ0n) is 22.6. The van der Waals surface area contributed by atoms with Gasteiger partial charge in [-0.05, 0) is 61.9 Å². The highest BCUT2D eigenvalue weighted by Crippen LogP contribution is 2.49. The van der Waals surface area contributed by atoms with Crippen molar-refractivity contribution in [2.75, 3.05) is 11.5 Å². The number of benzene rings is 2. The summed E-state index contributed by atoms with van der Waals surface area (Å²) in [5.74, 6) is -3.23. The molecule has 10 heteroatoms. The number of phenols is 1. The molecule has 1 fully saturated rings. The maximum absolute atomic E-state index is 13.7. The van der Waals surface area contributed by atoms with Crippen LogP contribution in [0.3, 0.4) is 0 Å². The van der Waals surface area contributed by atoms with E-state index in [9.17, 15) is 35.0 Å². The van der Waals surface area contributed by atoms with E-state index >= 15 is 0 Å². The Hall–Kier alpha value is -3.34. The SMILES string of the molecule is C/C(=C\c1cc(Br)ccc1O)CC[C@@H](O)C1=C(C(C)C)C[C@H]2C(=O)N(c3cccc([N+](=O)[O-])c3)C(=O)[C@H]2[C@H]1CO. The van der Waals surface area contributed by atoms with Gasteiger partial charge in [-0.3, -0.25) is 19.7 Å². The molecule has 2 aromatic rings. The van der Waals surface area contributed by atoms with E-state index < -0.39 is 47.2 Å². The first kappa shape index (κ1) is 29.6. The Morgan fingerprint density at radius 2 is 1.93 bits per heavy atom. The van der Waals surface area contributed by atoms with Crippen molar-refractivity contribution < 1.29 is 29.8 Å². The van der Waals surface area contributed by atoms with E-state index in [2.05, 4.69) is 15.9 Å². The first-order valence-corrected chi connectivity index (χ1v) is 14.0. The van der Waals surface area contributed by atoms with Crippen LogP contribution in [0.4, 0.5) is 11.4 Å². The van der Waals surface area contributed by atoms with Crippen LogP contribution in [0, 0.1) is 33.8 Å². The molecule has 1 aliphatic carbocycles. The van der Waals surface area contributed by atoms with Gasteiger partial charge in [-0.25, -0.2) is 4.90 Å². The number of aliphatic hydroxyl groups excluding tert-OH is 2. The van der Waals surface area contributed by atoms with Crippen LogP contribution in [-0.4, -0.2) is 44.8 Å². The van der Waals surface area contributed by atoms with E-state index in [0.29, 0.717) is 24.0 Å². The van der Waals surface area contributed by atoms with E-state index in [1.165, 1.54) is 24.3 Å². The van der Waals surface area contributed by atoms with E-state index in [1.54, 1.807) is 18.2 Å². The molecular formula is C30H33BrN2O7. The van der Waals surface area contributed by atoms with Gasteiger partial charge in [0.2, 0.25) is 11.8 Å². The number of amides is 2. The Bertz CT molecular complexity index is 1400. The van der Waals surface area contributed by atoms with Crippen LogP contribution in [-0.2, 0) is 9.59 Å². The van der Waals surface area contributed by atoms with Crippen LogP contribution in [0.15, 0.2) is 63.7 Å². The number of nitro benzene ring substituents is 1. The molecule has 4 atom stereocenters. The fourth-order valence-electron chi connectivity index (χ4n) is 5.94. The Balaban J connectivity index is 1.62. The van der Waals surface area contributed by atoms with Gasteiger partial charge in [0.15, 0.2) is 0 Å². The van der Waals surface area contributed by atoms with Crippen LogP contribution in [0.25, 0.3) is 6.08 Å². The molecule has 2 aliphatic rings. The maximum atomic E-state index is 13.7. The maximum Gasteiger partial charge on any atom is 0.271 e. The number of anilines is 1. The van der Waals surface area contributed by atoms with Crippen molar-refractivity contribution in [2.45, 2.75) is 46.1 Å². The Labute approximate surface area is 241 Å². The highest BCUT2D eigenvalue weighted by atomic mass is 79.9. The average molecular weight is 614 g/mol. The van der Waals surface area contributed by atoms with Crippen LogP contribution in [0.2, 0.25) is 0 Å². The number of aliphatic hydroxyl groups is 2. The number of aromatic hydroxyl groups is 1. The molecule has 1 saturated heterocycles. The number of non-ortho nitro benzene ring substituents is 1. The van der Waals surface area contributed by atoms with Crippen molar-refractivity contribution >= 4 is 45.2 Å². The van der Waals surface area contributed by atoms with Crippen molar-refractivity contribution in [1.29, 1.82) is 0 Å². The lowest BCUT2D eigenvalue weighted by Gasteiger charge is -2.38. The second-order valence-electron chi connectivity index (χ2n) is 10.8. The number of halogens is 1. The molecule has 1 aliphatic heterocycles. The van der Waals surface area contributed by atoms with Crippen LogP contribution in [0.5, 0.6) is 5.75 Å². The first-order valence-electron chi connectivity index (χ1n) is 13.2. The predicted molar refractivity (Wildman–Crippen MR) is 154 cm³/mol. The number of imide groups is 1. The summed E-state index contributed by atoms with van der Waals surface area (Å²) in [6, 6.07) is 10.5. The Kier molecular flexibility index (Phi) is 8.92. The Morgan fingerprint density at radius 1 is 1.20 bits per heavy atom. The summed E-state index contributed by atoms with van der Waals surface area (Å²) < 4.78 is 0.827. The lowest BCUT2D eigenvalue weighted by Crippen LogP contribution is -2.39. The second-order valence-corrected chi connectivity index (χ2v) is 11.7. The minimum atomic E-state index is -0.954. The number of carbonyl (C=O) groups is 2. The molecule has 3 N–H and O–H groups in total. The highest BCUT2D eigenvalue weighted by Gasteiger charge is 2.55. The minimum absolute atomic E-state index is 0.0373. The van der Waals surface area contributed by atoms with Crippen LogP contribution in [0.1, 0.15) is 45.6 Å². The number of allylic oxidation sites excluding steroid dienone is 2. The summed E-state index contributed by atoms with van der Waals surface area (Å²) in [5.41, 5.74) is 2.91. The molecule has 4 rings (SSSR count). The third-order valence-electron chi connectivity index (χ3n) is 7.88. The largest absolute Gasteiger partial charge is 0.507 e. The standard InChI is InChI=1S/C30H33BrN2O7/c1-16(2)22-14-23-28(30(38)32(29(23)37)20-5-4-6-21(13-20)33(39)40)24(15-34)27(22)26(36)9-7-17(3)11-18-12-19(31)8-10-25(18)35/h4-6,8,10-13,16,23-24,26,28,34-36H,7,9,14-15H2,1-3H3/b17-11+/t23-,24+,26-,28-/m1/s1. The van der Waals surface area contributed by atoms with Crippen molar-refractivity contribution in [1.82, 2.24) is 0 Å². The molecule has 40 heavy (non-hydrogen) atoms. The fraction of sp³-hybridized carbons (Fsp3) is 0.400. The van der Waals surface area contributed by atoms with Crippen molar-refractivity contribution in [3.05, 3.63) is 79.3 Å². The van der Waals surface area contributed by atoms with Gasteiger partial charge in [-0.15, -0.1) is 0 Å².